The average Bonchev–Trinajstić information content (AvgIpc) is 1.45. The molecule has 8 aromatic carbocycles. The van der Waals surface area contributed by atoms with Crippen LogP contribution in [0.5, 0.6) is 11.5 Å². The fraction of sp³-hybridized carbons (Fsp3) is 0.270. The number of para-hydroxylation sites is 1. The quantitative estimate of drug-likeness (QED) is 0.127. The minimum atomic E-state index is -0.609. The van der Waals surface area contributed by atoms with E-state index < -0.39 is 47.1 Å². The van der Waals surface area contributed by atoms with Crippen molar-refractivity contribution in [2.75, 3.05) is 0 Å². The molecule has 0 atom stereocenters. The maximum Gasteiger partial charge on any atom is 0.268 e. The van der Waals surface area contributed by atoms with Gasteiger partial charge in [-0.25, -0.2) is 4.98 Å². The molecule has 0 saturated heterocycles. The zero-order chi connectivity index (χ0) is 62.7. The predicted octanol–water partition coefficient (Wildman–Crippen LogP) is 19.1. The summed E-state index contributed by atoms with van der Waals surface area (Å²) < 4.78 is 90.1. The number of fused-ring (bicyclic) bond motifs is 10. The van der Waals surface area contributed by atoms with Crippen LogP contribution in [-0.4, -0.2) is 14.1 Å². The van der Waals surface area contributed by atoms with Crippen molar-refractivity contribution in [2.24, 2.45) is 0 Å². The van der Waals surface area contributed by atoms with Crippen molar-refractivity contribution in [3.8, 4) is 73.2 Å². The number of ether oxygens (including phenoxy) is 1. The SMILES string of the molecule is [2H]c1c([2H])c([2H])c2c(c1[2H])-c1cc(C(C)(C)C)cc(C(C)(C)C)c1-[n+]1[c-]n(-c3[c-]c(Oc4[c-]c5c(cc4)c4ccccc4n5-c4cc(C(C)(C)C)ccn4)ccc3)c3cc(-c4cc(C(C)(C)C)cc(C(C)(C)C)c4)cc(c31)-c1c([2H])c([2H])c([2H])c([2H])c1-2.[Pt]. The summed E-state index contributed by atoms with van der Waals surface area (Å²) in [6, 6.07) is 40.8. The second-order valence-electron chi connectivity index (χ2n) is 26.5. The summed E-state index contributed by atoms with van der Waals surface area (Å²) in [7, 11) is 0. The Labute approximate surface area is 499 Å². The first-order valence-electron chi connectivity index (χ1n) is 31.4. The number of rotatable bonds is 5. The van der Waals surface area contributed by atoms with Crippen LogP contribution in [0.2, 0.25) is 0 Å². The Balaban J connectivity index is 0.00000800. The molecule has 11 aromatic rings. The van der Waals surface area contributed by atoms with Crippen LogP contribution in [0.25, 0.3) is 94.5 Å². The molecule has 4 heterocycles. The Kier molecular flexibility index (Phi) is 11.0. The van der Waals surface area contributed by atoms with Crippen molar-refractivity contribution in [1.82, 2.24) is 14.1 Å². The number of hydrogen-bond donors (Lipinski definition) is 0. The summed E-state index contributed by atoms with van der Waals surface area (Å²) in [6.07, 6.45) is 5.67. The summed E-state index contributed by atoms with van der Waals surface area (Å²) in [6.45, 7) is 32.4. The number of pyridine rings is 1. The van der Waals surface area contributed by atoms with Gasteiger partial charge in [-0.2, -0.15) is 18.2 Å². The first kappa shape index (κ1) is 45.4. The van der Waals surface area contributed by atoms with Gasteiger partial charge >= 0.3 is 0 Å². The summed E-state index contributed by atoms with van der Waals surface area (Å²) in [5.41, 5.74) is 10.1. The Morgan fingerprint density at radius 3 is 1.69 bits per heavy atom. The van der Waals surface area contributed by atoms with Gasteiger partial charge < -0.3 is 13.9 Å². The summed E-state index contributed by atoms with van der Waals surface area (Å²) in [5, 5.41) is 2.05. The van der Waals surface area contributed by atoms with Gasteiger partial charge in [-0.1, -0.05) is 212 Å². The second kappa shape index (κ2) is 19.4. The first-order chi connectivity index (χ1) is 40.6. The number of hydrogen-bond acceptors (Lipinski definition) is 2. The fourth-order valence-electron chi connectivity index (χ4n) is 11.0. The largest absolute Gasteiger partial charge is 0.510 e. The van der Waals surface area contributed by atoms with E-state index in [9.17, 15) is 11.0 Å². The number of nitrogens with zero attached hydrogens (tertiary/aromatic N) is 4. The van der Waals surface area contributed by atoms with E-state index >= 15 is 0 Å². The van der Waals surface area contributed by atoms with Gasteiger partial charge in [0.1, 0.15) is 5.82 Å². The van der Waals surface area contributed by atoms with Gasteiger partial charge in [-0.05, 0) is 135 Å². The Morgan fingerprint density at radius 2 is 1.06 bits per heavy atom. The van der Waals surface area contributed by atoms with Crippen molar-refractivity contribution >= 4 is 32.8 Å². The van der Waals surface area contributed by atoms with E-state index in [2.05, 4.69) is 188 Å². The third-order valence-corrected chi connectivity index (χ3v) is 15.5. The molecule has 0 saturated carbocycles. The van der Waals surface area contributed by atoms with Crippen LogP contribution in [0.4, 0.5) is 0 Å². The molecule has 80 heavy (non-hydrogen) atoms. The molecule has 406 valence electrons. The van der Waals surface area contributed by atoms with Crippen molar-refractivity contribution in [3.05, 3.63) is 210 Å². The molecular formula is C74H72N4OPt-2. The van der Waals surface area contributed by atoms with Gasteiger partial charge in [0, 0.05) is 44.3 Å². The fourth-order valence-corrected chi connectivity index (χ4v) is 11.0. The van der Waals surface area contributed by atoms with Crippen LogP contribution in [0.15, 0.2) is 164 Å². The Bertz CT molecular complexity index is 4700. The van der Waals surface area contributed by atoms with Gasteiger partial charge in [0.2, 0.25) is 0 Å². The maximum atomic E-state index is 10.1. The van der Waals surface area contributed by atoms with Crippen LogP contribution in [0.3, 0.4) is 0 Å². The van der Waals surface area contributed by atoms with Crippen LogP contribution in [0.1, 0.15) is 143 Å². The van der Waals surface area contributed by atoms with E-state index in [-0.39, 0.29) is 71.6 Å². The van der Waals surface area contributed by atoms with Crippen molar-refractivity contribution in [2.45, 2.75) is 131 Å². The zero-order valence-corrected chi connectivity index (χ0v) is 50.8. The van der Waals surface area contributed by atoms with E-state index in [1.54, 1.807) is 0 Å². The van der Waals surface area contributed by atoms with E-state index in [1.165, 1.54) is 0 Å². The minimum Gasteiger partial charge on any atom is -0.510 e. The summed E-state index contributed by atoms with van der Waals surface area (Å²) in [5.74, 6) is 1.61. The molecular weight excluding hydrogens is 1160 g/mol. The van der Waals surface area contributed by atoms with E-state index in [0.717, 1.165) is 66.6 Å². The smallest absolute Gasteiger partial charge is 0.268 e. The standard InChI is InChI=1S/C74H72N4O.Pt/c1-70(2,3)48-33-34-75-67(42-48)78-64-30-21-20-29-59(64)60-32-31-54(44-65(60)78)79-53-24-22-23-52(43-53)76-45-77-68-62(40-51(73(10,11)12)41-63(68)74(13,14)15)58-28-19-17-26-56(58)55-25-16-18-27-57(55)61-37-47(38-66(76)69(61)77)46-35-49(71(4,5)6)39-50(36-46)72(7,8)9;/h16-42H,1-15H3;/q-2;/i16D,17D,18D,19D,25D,26D,27D,28D;. The molecule has 0 bridgehead atoms. The third-order valence-electron chi connectivity index (χ3n) is 15.5. The van der Waals surface area contributed by atoms with Crippen molar-refractivity contribution < 1.29 is 41.3 Å². The number of benzene rings is 8. The molecule has 3 aromatic heterocycles. The molecule has 0 unspecified atom stereocenters. The molecule has 0 fully saturated rings. The van der Waals surface area contributed by atoms with Gasteiger partial charge in [0.05, 0.1) is 27.7 Å². The van der Waals surface area contributed by atoms with E-state index in [1.807, 2.05) is 63.9 Å². The number of imidazole rings is 1. The molecule has 0 amide bonds. The molecule has 0 N–H and O–H groups in total. The van der Waals surface area contributed by atoms with Crippen LogP contribution in [-0.2, 0) is 48.1 Å². The molecule has 12 rings (SSSR count). The Hall–Kier alpha value is -7.33. The van der Waals surface area contributed by atoms with E-state index in [4.69, 9.17) is 9.72 Å². The third kappa shape index (κ3) is 9.64. The molecule has 6 heteroatoms. The average molecular weight is 1240 g/mol. The molecule has 1 aliphatic rings. The molecule has 5 nitrogen and oxygen atoms in total. The van der Waals surface area contributed by atoms with Crippen molar-refractivity contribution in [1.29, 1.82) is 0 Å². The van der Waals surface area contributed by atoms with Gasteiger partial charge in [-0.15, -0.1) is 29.7 Å². The molecule has 1 aliphatic heterocycles. The summed E-state index contributed by atoms with van der Waals surface area (Å²) in [4.78, 5) is 4.89. The first-order valence-corrected chi connectivity index (χ1v) is 27.4. The Morgan fingerprint density at radius 1 is 0.487 bits per heavy atom. The van der Waals surface area contributed by atoms with Gasteiger partial charge in [-0.3, -0.25) is 4.57 Å². The second-order valence-corrected chi connectivity index (χ2v) is 26.5. The van der Waals surface area contributed by atoms with E-state index in [0.29, 0.717) is 45.0 Å². The minimum absolute atomic E-state index is 0. The van der Waals surface area contributed by atoms with Gasteiger partial charge in [0.25, 0.3) is 6.33 Å². The topological polar surface area (TPSA) is 35.9 Å². The van der Waals surface area contributed by atoms with Crippen LogP contribution < -0.4 is 9.30 Å². The molecule has 0 spiro atoms. The molecule has 0 aliphatic carbocycles. The zero-order valence-electron chi connectivity index (χ0n) is 56.5. The van der Waals surface area contributed by atoms with Crippen molar-refractivity contribution in [3.63, 3.8) is 0 Å². The van der Waals surface area contributed by atoms with Gasteiger partial charge in [0.15, 0.2) is 0 Å². The number of aromatic nitrogens is 4. The monoisotopic (exact) mass is 1240 g/mol. The van der Waals surface area contributed by atoms with Crippen LogP contribution in [0, 0.1) is 18.5 Å². The van der Waals surface area contributed by atoms with Crippen LogP contribution >= 0.6 is 0 Å². The summed E-state index contributed by atoms with van der Waals surface area (Å²) >= 11 is 0. The normalized spacial score (nSPS) is 14.2. The maximum absolute atomic E-state index is 10.1. The predicted molar refractivity (Wildman–Crippen MR) is 329 cm³/mol. The molecule has 0 radical (unpaired) electrons.